The molecule has 2 aromatic carbocycles. The maximum atomic E-state index is 12.7. The van der Waals surface area contributed by atoms with Gasteiger partial charge in [-0.2, -0.15) is 4.31 Å². The summed E-state index contributed by atoms with van der Waals surface area (Å²) < 4.78 is 26.8. The van der Waals surface area contributed by atoms with Crippen LogP contribution in [0.2, 0.25) is 5.02 Å². The molecule has 0 aliphatic heterocycles. The average Bonchev–Trinajstić information content (AvgIpc) is 2.70. The minimum absolute atomic E-state index is 0.0702. The highest BCUT2D eigenvalue weighted by Gasteiger charge is 2.24. The van der Waals surface area contributed by atoms with Gasteiger partial charge in [-0.15, -0.1) is 0 Å². The van der Waals surface area contributed by atoms with Crippen molar-refractivity contribution in [3.8, 4) is 0 Å². The Morgan fingerprint density at radius 3 is 2.29 bits per heavy atom. The average molecular weight is 423 g/mol. The number of hydrogen-bond acceptors (Lipinski definition) is 3. The lowest BCUT2D eigenvalue weighted by molar-refractivity contribution is 0.0951. The number of hydrogen-bond donors (Lipinski definition) is 1. The monoisotopic (exact) mass is 422 g/mol. The number of nitrogens with one attached hydrogen (secondary N) is 1. The summed E-state index contributed by atoms with van der Waals surface area (Å²) in [5.74, 6) is -0.206. The summed E-state index contributed by atoms with van der Waals surface area (Å²) in [6.07, 6.45) is 0.869. The molecule has 5 nitrogen and oxygen atoms in total. The fourth-order valence-electron chi connectivity index (χ4n) is 3.09. The number of rotatable bonds is 9. The summed E-state index contributed by atoms with van der Waals surface area (Å²) >= 11 is 6.19. The van der Waals surface area contributed by atoms with E-state index in [1.54, 1.807) is 13.8 Å². The standard InChI is InChI=1S/C21H27ClN2O3S/c1-4-16(17-10-8-7-9-11-17)15-23-21(25)19-14-18(12-13-20(19)22)28(26,27)24(5-2)6-3/h7-14,16H,4-6,15H2,1-3H3,(H,23,25). The molecule has 1 atom stereocenters. The van der Waals surface area contributed by atoms with Gasteiger partial charge in [-0.1, -0.05) is 62.7 Å². The molecule has 0 aromatic heterocycles. The third kappa shape index (κ3) is 5.13. The second-order valence-electron chi connectivity index (χ2n) is 6.46. The highest BCUT2D eigenvalue weighted by atomic mass is 35.5. The van der Waals surface area contributed by atoms with Crippen molar-refractivity contribution in [1.29, 1.82) is 0 Å². The van der Waals surface area contributed by atoms with E-state index in [4.69, 9.17) is 11.6 Å². The molecule has 1 unspecified atom stereocenters. The van der Waals surface area contributed by atoms with Crippen molar-refractivity contribution in [3.63, 3.8) is 0 Å². The number of benzene rings is 2. The molecule has 2 rings (SSSR count). The number of sulfonamides is 1. The van der Waals surface area contributed by atoms with Crippen molar-refractivity contribution in [2.24, 2.45) is 0 Å². The molecular weight excluding hydrogens is 396 g/mol. The Balaban J connectivity index is 2.21. The van der Waals surface area contributed by atoms with Crippen LogP contribution < -0.4 is 5.32 Å². The van der Waals surface area contributed by atoms with Crippen molar-refractivity contribution in [2.45, 2.75) is 38.0 Å². The lowest BCUT2D eigenvalue weighted by Crippen LogP contribution is -2.31. The molecule has 152 valence electrons. The number of carbonyl (C=O) groups is 1. The van der Waals surface area contributed by atoms with Crippen LogP contribution in [0.3, 0.4) is 0 Å². The SMILES string of the molecule is CCC(CNC(=O)c1cc(S(=O)(=O)N(CC)CC)ccc1Cl)c1ccccc1. The van der Waals surface area contributed by atoms with Gasteiger partial charge in [0, 0.05) is 25.6 Å². The summed E-state index contributed by atoms with van der Waals surface area (Å²) in [5.41, 5.74) is 1.31. The Labute approximate surface area is 172 Å². The second-order valence-corrected chi connectivity index (χ2v) is 8.80. The van der Waals surface area contributed by atoms with E-state index < -0.39 is 10.0 Å². The predicted molar refractivity (Wildman–Crippen MR) is 113 cm³/mol. The summed E-state index contributed by atoms with van der Waals surface area (Å²) in [6.45, 7) is 6.78. The largest absolute Gasteiger partial charge is 0.351 e. The number of nitrogens with zero attached hydrogens (tertiary/aromatic N) is 1. The molecule has 1 N–H and O–H groups in total. The molecule has 2 aromatic rings. The van der Waals surface area contributed by atoms with Crippen molar-refractivity contribution in [3.05, 3.63) is 64.7 Å². The Kier molecular flexibility index (Phi) is 8.04. The number of carbonyl (C=O) groups excluding carboxylic acids is 1. The quantitative estimate of drug-likeness (QED) is 0.655. The van der Waals surface area contributed by atoms with Gasteiger partial charge in [-0.25, -0.2) is 8.42 Å². The van der Waals surface area contributed by atoms with Gasteiger partial charge in [0.1, 0.15) is 0 Å². The Morgan fingerprint density at radius 1 is 1.07 bits per heavy atom. The maximum Gasteiger partial charge on any atom is 0.252 e. The van der Waals surface area contributed by atoms with Crippen LogP contribution in [-0.4, -0.2) is 38.3 Å². The second kappa shape index (κ2) is 10.0. The smallest absolute Gasteiger partial charge is 0.252 e. The van der Waals surface area contributed by atoms with Gasteiger partial charge in [-0.3, -0.25) is 4.79 Å². The van der Waals surface area contributed by atoms with Crippen LogP contribution >= 0.6 is 11.6 Å². The van der Waals surface area contributed by atoms with E-state index in [1.165, 1.54) is 22.5 Å². The maximum absolute atomic E-state index is 12.7. The van der Waals surface area contributed by atoms with E-state index >= 15 is 0 Å². The fourth-order valence-corrected chi connectivity index (χ4v) is 4.77. The number of halogens is 1. The van der Waals surface area contributed by atoms with Crippen molar-refractivity contribution in [2.75, 3.05) is 19.6 Å². The highest BCUT2D eigenvalue weighted by Crippen LogP contribution is 2.24. The summed E-state index contributed by atoms with van der Waals surface area (Å²) in [5, 5.41) is 3.12. The van der Waals surface area contributed by atoms with Gasteiger partial charge in [0.15, 0.2) is 0 Å². The molecule has 0 aliphatic rings. The topological polar surface area (TPSA) is 66.5 Å². The van der Waals surface area contributed by atoms with E-state index in [2.05, 4.69) is 12.2 Å². The molecule has 0 fully saturated rings. The molecule has 28 heavy (non-hydrogen) atoms. The molecule has 0 aliphatic carbocycles. The van der Waals surface area contributed by atoms with Crippen LogP contribution in [0.15, 0.2) is 53.4 Å². The van der Waals surface area contributed by atoms with Crippen LogP contribution in [0, 0.1) is 0 Å². The number of amides is 1. The summed E-state index contributed by atoms with van der Waals surface area (Å²) in [7, 11) is -3.66. The van der Waals surface area contributed by atoms with Crippen LogP contribution in [0.4, 0.5) is 0 Å². The zero-order chi connectivity index (χ0) is 20.7. The lowest BCUT2D eigenvalue weighted by atomic mass is 9.96. The lowest BCUT2D eigenvalue weighted by Gasteiger charge is -2.19. The van der Waals surface area contributed by atoms with Crippen molar-refractivity contribution in [1.82, 2.24) is 9.62 Å². The molecule has 0 saturated heterocycles. The van der Waals surface area contributed by atoms with Crippen molar-refractivity contribution < 1.29 is 13.2 Å². The van der Waals surface area contributed by atoms with Gasteiger partial charge >= 0.3 is 0 Å². The van der Waals surface area contributed by atoms with Gasteiger partial charge in [0.05, 0.1) is 15.5 Å². The molecule has 1 amide bonds. The van der Waals surface area contributed by atoms with Crippen molar-refractivity contribution >= 4 is 27.5 Å². The summed E-state index contributed by atoms with van der Waals surface area (Å²) in [4.78, 5) is 12.8. The van der Waals surface area contributed by atoms with E-state index in [0.29, 0.717) is 19.6 Å². The highest BCUT2D eigenvalue weighted by molar-refractivity contribution is 7.89. The predicted octanol–water partition coefficient (Wildman–Crippen LogP) is 4.29. The van der Waals surface area contributed by atoms with Crippen LogP contribution in [0.25, 0.3) is 0 Å². The van der Waals surface area contributed by atoms with Gasteiger partial charge in [0.2, 0.25) is 10.0 Å². The minimum Gasteiger partial charge on any atom is -0.351 e. The van der Waals surface area contributed by atoms with Gasteiger partial charge in [-0.05, 0) is 30.2 Å². The first-order valence-corrected chi connectivity index (χ1v) is 11.3. The first kappa shape index (κ1) is 22.4. The first-order chi connectivity index (χ1) is 13.3. The molecule has 0 heterocycles. The van der Waals surface area contributed by atoms with Gasteiger partial charge in [0.25, 0.3) is 5.91 Å². The zero-order valence-electron chi connectivity index (χ0n) is 16.5. The third-order valence-corrected chi connectivity index (χ3v) is 7.17. The normalized spacial score (nSPS) is 12.8. The molecule has 0 spiro atoms. The van der Waals surface area contributed by atoms with Gasteiger partial charge < -0.3 is 5.32 Å². The Hall–Kier alpha value is -1.89. The Morgan fingerprint density at radius 2 is 1.71 bits per heavy atom. The van der Waals surface area contributed by atoms with Crippen LogP contribution in [-0.2, 0) is 10.0 Å². The Bertz CT molecular complexity index is 897. The van der Waals surface area contributed by atoms with Crippen LogP contribution in [0.5, 0.6) is 0 Å². The summed E-state index contributed by atoms with van der Waals surface area (Å²) in [6, 6.07) is 14.2. The zero-order valence-corrected chi connectivity index (χ0v) is 18.1. The third-order valence-electron chi connectivity index (χ3n) is 4.80. The molecule has 0 bridgehead atoms. The van der Waals surface area contributed by atoms with E-state index in [1.807, 2.05) is 30.3 Å². The van der Waals surface area contributed by atoms with Crippen LogP contribution in [0.1, 0.15) is 49.0 Å². The molecule has 0 saturated carbocycles. The fraction of sp³-hybridized carbons (Fsp3) is 0.381. The van der Waals surface area contributed by atoms with E-state index in [-0.39, 0.29) is 27.3 Å². The molecule has 7 heteroatoms. The van der Waals surface area contributed by atoms with E-state index in [9.17, 15) is 13.2 Å². The molecule has 0 radical (unpaired) electrons. The minimum atomic E-state index is -3.66. The first-order valence-electron chi connectivity index (χ1n) is 9.47. The van der Waals surface area contributed by atoms with E-state index in [0.717, 1.165) is 12.0 Å². The molecular formula is C21H27ClN2O3S.